The molecule has 0 unspecified atom stereocenters. The van der Waals surface area contributed by atoms with Crippen molar-refractivity contribution in [3.63, 3.8) is 0 Å². The summed E-state index contributed by atoms with van der Waals surface area (Å²) in [5.41, 5.74) is 18.2. The summed E-state index contributed by atoms with van der Waals surface area (Å²) >= 11 is 0. The second-order valence-electron chi connectivity index (χ2n) is 16.8. The summed E-state index contributed by atoms with van der Waals surface area (Å²) in [5.74, 6) is 0. The Labute approximate surface area is 370 Å². The molecule has 0 fully saturated rings. The van der Waals surface area contributed by atoms with E-state index in [9.17, 15) is 0 Å². The summed E-state index contributed by atoms with van der Waals surface area (Å²) in [4.78, 5) is 2.43. The summed E-state index contributed by atoms with van der Waals surface area (Å²) in [6, 6.07) is 85.3. The van der Waals surface area contributed by atoms with Crippen LogP contribution in [0.3, 0.4) is 0 Å². The Balaban J connectivity index is 1.04. The third kappa shape index (κ3) is 5.47. The lowest BCUT2D eigenvalue weighted by molar-refractivity contribution is 0.664. The number of anilines is 3. The Hall–Kier alpha value is -8.40. The van der Waals surface area contributed by atoms with Crippen LogP contribution in [0.4, 0.5) is 17.1 Å². The van der Waals surface area contributed by atoms with Crippen LogP contribution in [0.25, 0.3) is 77.3 Å². The van der Waals surface area contributed by atoms with E-state index in [0.29, 0.717) is 0 Å². The molecule has 0 aliphatic heterocycles. The summed E-state index contributed by atoms with van der Waals surface area (Å²) < 4.78 is 13.2. The molecule has 300 valence electrons. The quantitative estimate of drug-likeness (QED) is 0.160. The van der Waals surface area contributed by atoms with Crippen molar-refractivity contribution < 1.29 is 8.83 Å². The Morgan fingerprint density at radius 1 is 0.312 bits per heavy atom. The normalized spacial score (nSPS) is 12.8. The second-order valence-corrected chi connectivity index (χ2v) is 16.8. The number of benzene rings is 10. The summed E-state index contributed by atoms with van der Waals surface area (Å²) in [6.07, 6.45) is 0. The molecular formula is C61H39NO2. The number of hydrogen-bond acceptors (Lipinski definition) is 3. The minimum Gasteiger partial charge on any atom is -0.456 e. The number of rotatable bonds is 7. The third-order valence-electron chi connectivity index (χ3n) is 13.3. The van der Waals surface area contributed by atoms with Gasteiger partial charge in [0, 0.05) is 38.5 Å². The monoisotopic (exact) mass is 817 g/mol. The zero-order chi connectivity index (χ0) is 42.2. The minimum absolute atomic E-state index is 0.530. The largest absolute Gasteiger partial charge is 0.456 e. The molecule has 2 heterocycles. The second kappa shape index (κ2) is 14.3. The molecule has 10 aromatic carbocycles. The Bertz CT molecular complexity index is 3660. The van der Waals surface area contributed by atoms with E-state index in [1.54, 1.807) is 0 Å². The first kappa shape index (κ1) is 36.3. The molecule has 2 aromatic heterocycles. The van der Waals surface area contributed by atoms with Gasteiger partial charge in [-0.1, -0.05) is 176 Å². The zero-order valence-electron chi connectivity index (χ0n) is 34.8. The van der Waals surface area contributed by atoms with E-state index >= 15 is 0 Å². The van der Waals surface area contributed by atoms with E-state index in [2.05, 4.69) is 235 Å². The Morgan fingerprint density at radius 2 is 0.781 bits per heavy atom. The topological polar surface area (TPSA) is 29.5 Å². The van der Waals surface area contributed by atoms with Gasteiger partial charge < -0.3 is 13.7 Å². The molecule has 13 rings (SSSR count). The first-order valence-corrected chi connectivity index (χ1v) is 21.9. The lowest BCUT2D eigenvalue weighted by Crippen LogP contribution is -2.28. The lowest BCUT2D eigenvalue weighted by Gasteiger charge is -2.34. The number of furan rings is 2. The molecule has 0 bridgehead atoms. The van der Waals surface area contributed by atoms with Crippen molar-refractivity contribution >= 4 is 60.9 Å². The molecule has 64 heavy (non-hydrogen) atoms. The van der Waals surface area contributed by atoms with Crippen LogP contribution in [0.5, 0.6) is 0 Å². The predicted octanol–water partition coefficient (Wildman–Crippen LogP) is 16.7. The Kier molecular flexibility index (Phi) is 8.13. The fourth-order valence-electron chi connectivity index (χ4n) is 10.5. The predicted molar refractivity (Wildman–Crippen MR) is 264 cm³/mol. The van der Waals surface area contributed by atoms with Gasteiger partial charge in [-0.25, -0.2) is 0 Å². The van der Waals surface area contributed by atoms with Crippen molar-refractivity contribution in [3.05, 3.63) is 259 Å². The van der Waals surface area contributed by atoms with E-state index in [1.165, 1.54) is 50.1 Å². The van der Waals surface area contributed by atoms with Gasteiger partial charge in [0.2, 0.25) is 0 Å². The maximum atomic E-state index is 6.69. The molecule has 12 aromatic rings. The highest BCUT2D eigenvalue weighted by atomic mass is 16.3. The first-order chi connectivity index (χ1) is 31.7. The van der Waals surface area contributed by atoms with Crippen molar-refractivity contribution in [1.29, 1.82) is 0 Å². The van der Waals surface area contributed by atoms with Gasteiger partial charge in [0.05, 0.1) is 11.1 Å². The smallest absolute Gasteiger partial charge is 0.136 e. The van der Waals surface area contributed by atoms with Gasteiger partial charge >= 0.3 is 0 Å². The van der Waals surface area contributed by atoms with E-state index in [4.69, 9.17) is 8.83 Å². The molecule has 0 saturated carbocycles. The fourth-order valence-corrected chi connectivity index (χ4v) is 10.5. The highest BCUT2D eigenvalue weighted by Gasteiger charge is 2.47. The van der Waals surface area contributed by atoms with Crippen LogP contribution in [0.15, 0.2) is 245 Å². The van der Waals surface area contributed by atoms with Gasteiger partial charge in [0.15, 0.2) is 0 Å². The zero-order valence-corrected chi connectivity index (χ0v) is 34.8. The molecule has 0 spiro atoms. The minimum atomic E-state index is -0.530. The van der Waals surface area contributed by atoms with Gasteiger partial charge in [-0.15, -0.1) is 0 Å². The molecule has 0 saturated heterocycles. The average molecular weight is 818 g/mol. The third-order valence-corrected chi connectivity index (χ3v) is 13.3. The molecule has 3 heteroatoms. The summed E-state index contributed by atoms with van der Waals surface area (Å²) in [7, 11) is 0. The van der Waals surface area contributed by atoms with Crippen LogP contribution in [-0.2, 0) is 5.41 Å². The molecule has 0 amide bonds. The van der Waals surface area contributed by atoms with Crippen molar-refractivity contribution in [2.45, 2.75) is 5.41 Å². The number of nitrogens with zero attached hydrogens (tertiary/aromatic N) is 1. The Morgan fingerprint density at radius 3 is 1.42 bits per heavy atom. The molecule has 0 N–H and O–H groups in total. The van der Waals surface area contributed by atoms with Crippen molar-refractivity contribution in [2.24, 2.45) is 0 Å². The molecule has 0 radical (unpaired) electrons. The summed E-state index contributed by atoms with van der Waals surface area (Å²) in [5, 5.41) is 4.16. The van der Waals surface area contributed by atoms with Crippen LogP contribution >= 0.6 is 0 Å². The van der Waals surface area contributed by atoms with E-state index < -0.39 is 5.41 Å². The highest BCUT2D eigenvalue weighted by molar-refractivity contribution is 6.16. The van der Waals surface area contributed by atoms with Crippen molar-refractivity contribution in [3.8, 4) is 33.4 Å². The van der Waals surface area contributed by atoms with Crippen molar-refractivity contribution in [2.75, 3.05) is 4.90 Å². The van der Waals surface area contributed by atoms with Crippen molar-refractivity contribution in [1.82, 2.24) is 0 Å². The molecule has 3 nitrogen and oxygen atoms in total. The maximum Gasteiger partial charge on any atom is 0.136 e. The average Bonchev–Trinajstić information content (AvgIpc) is 4.02. The van der Waals surface area contributed by atoms with Crippen LogP contribution in [-0.4, -0.2) is 0 Å². The first-order valence-electron chi connectivity index (χ1n) is 21.9. The van der Waals surface area contributed by atoms with Gasteiger partial charge in [-0.2, -0.15) is 0 Å². The van der Waals surface area contributed by atoms with Crippen LogP contribution in [0, 0.1) is 0 Å². The standard InChI is InChI=1S/C61H39NO2/c1-5-16-40(17-6-1)42-28-31-46(32-29-42)62(55-27-15-26-54-60(55)48-24-13-14-25-53(48)61(54,44-20-9-3-10-21-44)45-22-11-4-12-23-45)47-33-35-57-50(37-47)52-39-58-51(38-59(52)64-57)49-36-43(30-34-56(49)63-58)41-18-7-2-8-19-41/h1-39H. The van der Waals surface area contributed by atoms with Gasteiger partial charge in [-0.3, -0.25) is 0 Å². The van der Waals surface area contributed by atoms with E-state index in [1.807, 2.05) is 6.07 Å². The summed E-state index contributed by atoms with van der Waals surface area (Å²) in [6.45, 7) is 0. The van der Waals surface area contributed by atoms with Crippen LogP contribution in [0.2, 0.25) is 0 Å². The number of fused-ring (bicyclic) bond motifs is 9. The van der Waals surface area contributed by atoms with Crippen LogP contribution in [0.1, 0.15) is 22.3 Å². The highest BCUT2D eigenvalue weighted by Crippen LogP contribution is 2.59. The fraction of sp³-hybridized carbons (Fsp3) is 0.0164. The number of hydrogen-bond donors (Lipinski definition) is 0. The lowest BCUT2D eigenvalue weighted by atomic mass is 9.68. The van der Waals surface area contributed by atoms with E-state index in [-0.39, 0.29) is 0 Å². The van der Waals surface area contributed by atoms with Crippen LogP contribution < -0.4 is 4.90 Å². The molecule has 1 aliphatic carbocycles. The van der Waals surface area contributed by atoms with Gasteiger partial charge in [-0.05, 0) is 111 Å². The van der Waals surface area contributed by atoms with Gasteiger partial charge in [0.25, 0.3) is 0 Å². The van der Waals surface area contributed by atoms with Gasteiger partial charge in [0.1, 0.15) is 22.3 Å². The molecule has 1 aliphatic rings. The molecule has 0 atom stereocenters. The maximum absolute atomic E-state index is 6.69. The molecular weight excluding hydrogens is 779 g/mol. The van der Waals surface area contributed by atoms with E-state index in [0.717, 1.165) is 66.5 Å². The SMILES string of the molecule is c1ccc(-c2ccc(N(c3ccc4oc5cc6c(cc5c4c3)oc3ccc(-c4ccccc4)cc36)c3cccc4c3-c3ccccc3C4(c3ccccc3)c3ccccc3)cc2)cc1.